The highest BCUT2D eigenvalue weighted by Crippen LogP contribution is 2.46. The average Bonchev–Trinajstić information content (AvgIpc) is 3.56. The highest BCUT2D eigenvalue weighted by atomic mass is 15.2. The second-order valence-electron chi connectivity index (χ2n) is 9.65. The number of rotatable bonds is 4. The van der Waals surface area contributed by atoms with Gasteiger partial charge in [-0.1, -0.05) is 55.7 Å². The molecule has 2 fully saturated rings. The van der Waals surface area contributed by atoms with Crippen LogP contribution in [0.25, 0.3) is 10.9 Å². The number of aromatic nitrogens is 1. The van der Waals surface area contributed by atoms with Crippen molar-refractivity contribution in [3.63, 3.8) is 0 Å². The lowest BCUT2D eigenvalue weighted by Crippen LogP contribution is -2.39. The van der Waals surface area contributed by atoms with Crippen molar-refractivity contribution in [2.45, 2.75) is 69.9 Å². The Morgan fingerprint density at radius 2 is 1.72 bits per heavy atom. The van der Waals surface area contributed by atoms with Gasteiger partial charge < -0.3 is 4.98 Å². The predicted molar refractivity (Wildman–Crippen MR) is 120 cm³/mol. The Labute approximate surface area is 174 Å². The number of fused-ring (bicyclic) bond motifs is 3. The largest absolute Gasteiger partial charge is 0.357 e. The van der Waals surface area contributed by atoms with Crippen LogP contribution in [0.1, 0.15) is 79.3 Å². The van der Waals surface area contributed by atoms with Gasteiger partial charge in [0.2, 0.25) is 0 Å². The van der Waals surface area contributed by atoms with E-state index in [9.17, 15) is 0 Å². The van der Waals surface area contributed by atoms with Gasteiger partial charge in [-0.2, -0.15) is 0 Å². The molecule has 2 nitrogen and oxygen atoms in total. The van der Waals surface area contributed by atoms with Crippen LogP contribution in [-0.2, 0) is 13.0 Å². The van der Waals surface area contributed by atoms with Gasteiger partial charge in [0.25, 0.3) is 0 Å². The smallest absolute Gasteiger partial charge is 0.0533 e. The Morgan fingerprint density at radius 1 is 0.897 bits per heavy atom. The molecule has 0 radical (unpaired) electrons. The number of nitrogens with one attached hydrogen (secondary N) is 1. The molecular weight excluding hydrogens is 352 g/mol. The maximum absolute atomic E-state index is 3.92. The summed E-state index contributed by atoms with van der Waals surface area (Å²) in [4.78, 5) is 6.71. The van der Waals surface area contributed by atoms with Gasteiger partial charge in [0.15, 0.2) is 0 Å². The van der Waals surface area contributed by atoms with E-state index in [1.54, 1.807) is 16.8 Å². The molecule has 2 heteroatoms. The van der Waals surface area contributed by atoms with Gasteiger partial charge in [-0.05, 0) is 72.8 Å². The van der Waals surface area contributed by atoms with Crippen molar-refractivity contribution < 1.29 is 0 Å². The SMILES string of the molecule is c1ccc(CN2CCc3c([nH]c4ccc(C5CC5)cc34)C2C2CCCCC2)cc1. The first-order chi connectivity index (χ1) is 14.4. The fraction of sp³-hybridized carbons (Fsp3) is 0.481. The van der Waals surface area contributed by atoms with E-state index in [4.69, 9.17) is 0 Å². The van der Waals surface area contributed by atoms with Crippen LogP contribution in [-0.4, -0.2) is 16.4 Å². The van der Waals surface area contributed by atoms with Crippen LogP contribution in [0.3, 0.4) is 0 Å². The van der Waals surface area contributed by atoms with Gasteiger partial charge in [0.05, 0.1) is 6.04 Å². The Balaban J connectivity index is 1.40. The first kappa shape index (κ1) is 17.8. The van der Waals surface area contributed by atoms with Crippen LogP contribution in [0.2, 0.25) is 0 Å². The van der Waals surface area contributed by atoms with E-state index in [0.717, 1.165) is 18.4 Å². The standard InChI is InChI=1S/C27H32N2/c1-3-7-19(8-4-1)18-29-16-15-23-24-17-22(20-11-12-20)13-14-25(24)28-26(23)27(29)21-9-5-2-6-10-21/h1,3-4,7-8,13-14,17,20-21,27-28H,2,5-6,9-12,15-16,18H2. The summed E-state index contributed by atoms with van der Waals surface area (Å²) < 4.78 is 0. The van der Waals surface area contributed by atoms with Crippen molar-refractivity contribution in [1.29, 1.82) is 0 Å². The summed E-state index contributed by atoms with van der Waals surface area (Å²) in [6.07, 6.45) is 11.0. The molecule has 1 unspecified atom stereocenters. The average molecular weight is 385 g/mol. The molecule has 0 spiro atoms. The van der Waals surface area contributed by atoms with Crippen molar-refractivity contribution in [3.8, 4) is 0 Å². The predicted octanol–water partition coefficient (Wildman–Crippen LogP) is 6.73. The molecule has 1 aliphatic heterocycles. The highest BCUT2D eigenvalue weighted by Gasteiger charge is 2.36. The molecule has 2 saturated carbocycles. The minimum atomic E-state index is 0.552. The molecule has 1 atom stereocenters. The third-order valence-corrected chi connectivity index (χ3v) is 7.67. The summed E-state index contributed by atoms with van der Waals surface area (Å²) in [5.41, 5.74) is 7.55. The Kier molecular flexibility index (Phi) is 4.49. The number of H-pyrrole nitrogens is 1. The molecule has 1 N–H and O–H groups in total. The number of hydrogen-bond acceptors (Lipinski definition) is 1. The zero-order valence-electron chi connectivity index (χ0n) is 17.4. The van der Waals surface area contributed by atoms with Crippen molar-refractivity contribution >= 4 is 10.9 Å². The van der Waals surface area contributed by atoms with Gasteiger partial charge in [0.1, 0.15) is 0 Å². The topological polar surface area (TPSA) is 19.0 Å². The zero-order valence-corrected chi connectivity index (χ0v) is 17.4. The third-order valence-electron chi connectivity index (χ3n) is 7.67. The Bertz CT molecular complexity index is 992. The van der Waals surface area contributed by atoms with Gasteiger partial charge >= 0.3 is 0 Å². The zero-order chi connectivity index (χ0) is 19.2. The minimum Gasteiger partial charge on any atom is -0.357 e. The van der Waals surface area contributed by atoms with Crippen molar-refractivity contribution in [3.05, 3.63) is 70.9 Å². The molecule has 3 aliphatic rings. The Hall–Kier alpha value is -2.06. The van der Waals surface area contributed by atoms with E-state index in [1.165, 1.54) is 74.4 Å². The maximum atomic E-state index is 3.92. The lowest BCUT2D eigenvalue weighted by Gasteiger charge is -2.42. The van der Waals surface area contributed by atoms with E-state index >= 15 is 0 Å². The monoisotopic (exact) mass is 384 g/mol. The molecule has 0 bridgehead atoms. The summed E-state index contributed by atoms with van der Waals surface area (Å²) in [5.74, 6) is 1.62. The van der Waals surface area contributed by atoms with Gasteiger partial charge in [-0.3, -0.25) is 4.90 Å². The summed E-state index contributed by atoms with van der Waals surface area (Å²) in [7, 11) is 0. The summed E-state index contributed by atoms with van der Waals surface area (Å²) in [5, 5.41) is 1.52. The normalized spacial score (nSPS) is 23.4. The van der Waals surface area contributed by atoms with Gasteiger partial charge in [-0.15, -0.1) is 0 Å². The second-order valence-corrected chi connectivity index (χ2v) is 9.65. The molecule has 0 saturated heterocycles. The van der Waals surface area contributed by atoms with Crippen molar-refractivity contribution in [2.75, 3.05) is 6.54 Å². The van der Waals surface area contributed by atoms with Crippen LogP contribution in [0, 0.1) is 5.92 Å². The molecule has 29 heavy (non-hydrogen) atoms. The fourth-order valence-electron chi connectivity index (χ4n) is 6.03. The van der Waals surface area contributed by atoms with Crippen LogP contribution in [0.5, 0.6) is 0 Å². The van der Waals surface area contributed by atoms with E-state index in [1.807, 2.05) is 0 Å². The van der Waals surface area contributed by atoms with E-state index in [-0.39, 0.29) is 0 Å². The molecule has 2 aromatic carbocycles. The van der Waals surface area contributed by atoms with Gasteiger partial charge in [-0.25, -0.2) is 0 Å². The van der Waals surface area contributed by atoms with Crippen LogP contribution in [0.15, 0.2) is 48.5 Å². The Morgan fingerprint density at radius 3 is 2.52 bits per heavy atom. The maximum Gasteiger partial charge on any atom is 0.0533 e. The van der Waals surface area contributed by atoms with Crippen molar-refractivity contribution in [1.82, 2.24) is 9.88 Å². The first-order valence-corrected chi connectivity index (χ1v) is 11.8. The third kappa shape index (κ3) is 3.32. The van der Waals surface area contributed by atoms with Crippen molar-refractivity contribution in [2.24, 2.45) is 5.92 Å². The molecule has 3 aromatic rings. The van der Waals surface area contributed by atoms with E-state index < -0.39 is 0 Å². The highest BCUT2D eigenvalue weighted by molar-refractivity contribution is 5.86. The quantitative estimate of drug-likeness (QED) is 0.529. The molecule has 6 rings (SSSR count). The van der Waals surface area contributed by atoms with Crippen LogP contribution >= 0.6 is 0 Å². The number of aromatic amines is 1. The van der Waals surface area contributed by atoms with Crippen LogP contribution in [0.4, 0.5) is 0 Å². The summed E-state index contributed by atoms with van der Waals surface area (Å²) >= 11 is 0. The van der Waals surface area contributed by atoms with Gasteiger partial charge in [0, 0.05) is 29.7 Å². The summed E-state index contributed by atoms with van der Waals surface area (Å²) in [6, 6.07) is 18.9. The number of nitrogens with zero attached hydrogens (tertiary/aromatic N) is 1. The number of benzene rings is 2. The van der Waals surface area contributed by atoms with E-state index in [0.29, 0.717) is 6.04 Å². The fourth-order valence-corrected chi connectivity index (χ4v) is 6.03. The van der Waals surface area contributed by atoms with E-state index in [2.05, 4.69) is 58.4 Å². The minimum absolute atomic E-state index is 0.552. The lowest BCUT2D eigenvalue weighted by atomic mass is 9.79. The molecule has 2 heterocycles. The second kappa shape index (κ2) is 7.32. The number of hydrogen-bond donors (Lipinski definition) is 1. The lowest BCUT2D eigenvalue weighted by molar-refractivity contribution is 0.0974. The first-order valence-electron chi connectivity index (χ1n) is 11.8. The molecule has 0 amide bonds. The van der Waals surface area contributed by atoms with Crippen LogP contribution < -0.4 is 0 Å². The summed E-state index contributed by atoms with van der Waals surface area (Å²) in [6.45, 7) is 2.26. The molecule has 150 valence electrons. The molecule has 2 aliphatic carbocycles. The molecular formula is C27H32N2. The molecule has 1 aromatic heterocycles.